The Morgan fingerprint density at radius 1 is 1.54 bits per heavy atom. The minimum absolute atomic E-state index is 0.0441. The van der Waals surface area contributed by atoms with Gasteiger partial charge in [-0.2, -0.15) is 0 Å². The third-order valence-electron chi connectivity index (χ3n) is 1.98. The minimum Gasteiger partial charge on any atom is -0.316 e. The van der Waals surface area contributed by atoms with Gasteiger partial charge in [0.25, 0.3) is 0 Å². The Labute approximate surface area is 80.9 Å². The van der Waals surface area contributed by atoms with Gasteiger partial charge >= 0.3 is 0 Å². The second kappa shape index (κ2) is 6.46. The molecule has 2 heteroatoms. The number of hydrogen-bond donors (Lipinski definition) is 0. The summed E-state index contributed by atoms with van der Waals surface area (Å²) in [6.45, 7) is 7.38. The van der Waals surface area contributed by atoms with Crippen LogP contribution in [-0.2, 0) is 4.79 Å². The Hall–Kier alpha value is -1.05. The van der Waals surface area contributed by atoms with E-state index in [0.717, 1.165) is 18.5 Å². The highest BCUT2D eigenvalue weighted by molar-refractivity contribution is 5.75. The lowest BCUT2D eigenvalue weighted by Crippen LogP contribution is -2.21. The van der Waals surface area contributed by atoms with Crippen LogP contribution in [-0.4, -0.2) is 17.9 Å². The van der Waals surface area contributed by atoms with Crippen LogP contribution in [0.25, 0.3) is 0 Å². The van der Waals surface area contributed by atoms with Gasteiger partial charge in [-0.1, -0.05) is 26.0 Å². The van der Waals surface area contributed by atoms with Gasteiger partial charge in [-0.25, -0.2) is 0 Å². The number of allylic oxidation sites excluding steroid dienone is 2. The molecule has 0 aromatic rings. The molecule has 0 aliphatic carbocycles. The fourth-order valence-corrected chi connectivity index (χ4v) is 0.993. The standard InChI is InChI=1S/C11H19NO/c1-5-7-8-9-11(6-2)12(4)10(3)13/h6,9H,2,5,7-8H2,1,3-4H3. The summed E-state index contributed by atoms with van der Waals surface area (Å²) >= 11 is 0. The highest BCUT2D eigenvalue weighted by Gasteiger charge is 2.03. The van der Waals surface area contributed by atoms with Crippen LogP contribution >= 0.6 is 0 Å². The molecule has 0 radical (unpaired) electrons. The van der Waals surface area contributed by atoms with Gasteiger partial charge in [0.2, 0.25) is 5.91 Å². The zero-order valence-electron chi connectivity index (χ0n) is 8.84. The summed E-state index contributed by atoms with van der Waals surface area (Å²) in [6, 6.07) is 0. The van der Waals surface area contributed by atoms with Gasteiger partial charge in [0.15, 0.2) is 0 Å². The summed E-state index contributed by atoms with van der Waals surface area (Å²) in [7, 11) is 1.77. The summed E-state index contributed by atoms with van der Waals surface area (Å²) in [6.07, 6.45) is 7.11. The molecule has 1 amide bonds. The van der Waals surface area contributed by atoms with Gasteiger partial charge in [-0.05, 0) is 18.9 Å². The first-order valence-corrected chi connectivity index (χ1v) is 4.70. The lowest BCUT2D eigenvalue weighted by Gasteiger charge is -2.15. The molecule has 0 bridgehead atoms. The largest absolute Gasteiger partial charge is 0.316 e. The van der Waals surface area contributed by atoms with Crippen molar-refractivity contribution in [2.24, 2.45) is 0 Å². The zero-order chi connectivity index (χ0) is 10.3. The van der Waals surface area contributed by atoms with Crippen LogP contribution in [0.5, 0.6) is 0 Å². The third kappa shape index (κ3) is 4.51. The maximum atomic E-state index is 11.0. The molecule has 0 atom stereocenters. The number of hydrogen-bond acceptors (Lipinski definition) is 1. The van der Waals surface area contributed by atoms with Crippen LogP contribution in [0.15, 0.2) is 24.4 Å². The molecule has 0 saturated carbocycles. The summed E-state index contributed by atoms with van der Waals surface area (Å²) < 4.78 is 0. The van der Waals surface area contributed by atoms with Gasteiger partial charge in [-0.15, -0.1) is 0 Å². The predicted molar refractivity (Wildman–Crippen MR) is 56.2 cm³/mol. The molecule has 0 spiro atoms. The van der Waals surface area contributed by atoms with E-state index in [-0.39, 0.29) is 5.91 Å². The number of likely N-dealkylation sites (N-methyl/N-ethyl adjacent to an activating group) is 1. The molecule has 0 aliphatic rings. The highest BCUT2D eigenvalue weighted by atomic mass is 16.2. The van der Waals surface area contributed by atoms with Crippen LogP contribution in [0, 0.1) is 0 Å². The number of amides is 1. The van der Waals surface area contributed by atoms with E-state index < -0.39 is 0 Å². The quantitative estimate of drug-likeness (QED) is 0.471. The van der Waals surface area contributed by atoms with Crippen LogP contribution in [0.2, 0.25) is 0 Å². The zero-order valence-corrected chi connectivity index (χ0v) is 8.84. The molecule has 0 N–H and O–H groups in total. The molecule has 2 nitrogen and oxygen atoms in total. The fourth-order valence-electron chi connectivity index (χ4n) is 0.993. The smallest absolute Gasteiger partial charge is 0.223 e. The first-order chi connectivity index (χ1) is 6.13. The molecule has 0 rings (SSSR count). The van der Waals surface area contributed by atoms with E-state index >= 15 is 0 Å². The van der Waals surface area contributed by atoms with E-state index in [9.17, 15) is 4.79 Å². The van der Waals surface area contributed by atoms with Gasteiger partial charge in [0, 0.05) is 19.7 Å². The van der Waals surface area contributed by atoms with E-state index in [0.29, 0.717) is 0 Å². The predicted octanol–water partition coefficient (Wildman–Crippen LogP) is 2.72. The Morgan fingerprint density at radius 2 is 2.15 bits per heavy atom. The van der Waals surface area contributed by atoms with Crippen molar-refractivity contribution in [1.29, 1.82) is 0 Å². The van der Waals surface area contributed by atoms with E-state index in [4.69, 9.17) is 0 Å². The maximum absolute atomic E-state index is 11.0. The lowest BCUT2D eigenvalue weighted by molar-refractivity contribution is -0.125. The first kappa shape index (κ1) is 11.9. The SMILES string of the molecule is C=CC(=CCCCC)N(C)C(C)=O. The molecule has 0 aromatic heterocycles. The van der Waals surface area contributed by atoms with Crippen LogP contribution in [0.3, 0.4) is 0 Å². The molecule has 13 heavy (non-hydrogen) atoms. The van der Waals surface area contributed by atoms with E-state index in [1.165, 1.54) is 6.42 Å². The molecule has 74 valence electrons. The van der Waals surface area contributed by atoms with Crippen LogP contribution in [0.4, 0.5) is 0 Å². The topological polar surface area (TPSA) is 20.3 Å². The van der Waals surface area contributed by atoms with Crippen molar-refractivity contribution >= 4 is 5.91 Å². The summed E-state index contributed by atoms with van der Waals surface area (Å²) in [4.78, 5) is 12.6. The maximum Gasteiger partial charge on any atom is 0.223 e. The molecule has 0 heterocycles. The van der Waals surface area contributed by atoms with Crippen molar-refractivity contribution in [3.63, 3.8) is 0 Å². The van der Waals surface area contributed by atoms with Crippen molar-refractivity contribution in [2.45, 2.75) is 33.1 Å². The monoisotopic (exact) mass is 181 g/mol. The van der Waals surface area contributed by atoms with Gasteiger partial charge in [-0.3, -0.25) is 4.79 Å². The highest BCUT2D eigenvalue weighted by Crippen LogP contribution is 2.06. The molecule has 0 fully saturated rings. The summed E-state index contributed by atoms with van der Waals surface area (Å²) in [5.41, 5.74) is 0.904. The van der Waals surface area contributed by atoms with Gasteiger partial charge in [0.1, 0.15) is 0 Å². The Balaban J connectivity index is 4.23. The fraction of sp³-hybridized carbons (Fsp3) is 0.545. The van der Waals surface area contributed by atoms with E-state index in [2.05, 4.69) is 19.6 Å². The lowest BCUT2D eigenvalue weighted by atomic mass is 10.2. The number of carbonyl (C=O) groups excluding carboxylic acids is 1. The van der Waals surface area contributed by atoms with Gasteiger partial charge in [0.05, 0.1) is 0 Å². The van der Waals surface area contributed by atoms with E-state index in [1.807, 2.05) is 0 Å². The van der Waals surface area contributed by atoms with Crippen molar-refractivity contribution in [2.75, 3.05) is 7.05 Å². The number of rotatable bonds is 5. The molecular formula is C11H19NO. The molecular weight excluding hydrogens is 162 g/mol. The molecule has 0 unspecified atom stereocenters. The number of nitrogens with zero attached hydrogens (tertiary/aromatic N) is 1. The van der Waals surface area contributed by atoms with Crippen molar-refractivity contribution in [3.8, 4) is 0 Å². The average molecular weight is 181 g/mol. The summed E-state index contributed by atoms with van der Waals surface area (Å²) in [5.74, 6) is 0.0441. The molecule has 0 aromatic carbocycles. The Morgan fingerprint density at radius 3 is 2.54 bits per heavy atom. The molecule has 0 saturated heterocycles. The normalized spacial score (nSPS) is 11.2. The summed E-state index contributed by atoms with van der Waals surface area (Å²) in [5, 5.41) is 0. The van der Waals surface area contributed by atoms with Crippen molar-refractivity contribution in [1.82, 2.24) is 4.90 Å². The average Bonchev–Trinajstić information content (AvgIpc) is 2.11. The van der Waals surface area contributed by atoms with Crippen molar-refractivity contribution in [3.05, 3.63) is 24.4 Å². The molecule has 0 aliphatic heterocycles. The van der Waals surface area contributed by atoms with Gasteiger partial charge < -0.3 is 4.90 Å². The van der Waals surface area contributed by atoms with Crippen LogP contribution in [0.1, 0.15) is 33.1 Å². The number of unbranched alkanes of at least 4 members (excludes halogenated alkanes) is 2. The van der Waals surface area contributed by atoms with Crippen molar-refractivity contribution < 1.29 is 4.79 Å². The van der Waals surface area contributed by atoms with E-state index in [1.54, 1.807) is 24.9 Å². The Kier molecular flexibility index (Phi) is 5.94. The third-order valence-corrected chi connectivity index (χ3v) is 1.98. The minimum atomic E-state index is 0.0441. The first-order valence-electron chi connectivity index (χ1n) is 4.70. The second-order valence-corrected chi connectivity index (χ2v) is 3.05. The number of carbonyl (C=O) groups is 1. The second-order valence-electron chi connectivity index (χ2n) is 3.05. The Bertz CT molecular complexity index is 206. The van der Waals surface area contributed by atoms with Crippen LogP contribution < -0.4 is 0 Å².